The van der Waals surface area contributed by atoms with E-state index in [0.717, 1.165) is 28.3 Å². The van der Waals surface area contributed by atoms with E-state index in [4.69, 9.17) is 4.74 Å². The third-order valence-corrected chi connectivity index (χ3v) is 6.06. The van der Waals surface area contributed by atoms with E-state index in [1.54, 1.807) is 13.8 Å². The van der Waals surface area contributed by atoms with Crippen LogP contribution in [0.1, 0.15) is 41.3 Å². The molecule has 0 saturated heterocycles. The smallest absolute Gasteiger partial charge is 0.407 e. The number of amides is 2. The first-order valence-corrected chi connectivity index (χ1v) is 11.2. The number of rotatable bonds is 7. The van der Waals surface area contributed by atoms with Crippen molar-refractivity contribution in [3.8, 4) is 16.9 Å². The van der Waals surface area contributed by atoms with Crippen LogP contribution in [0.15, 0.2) is 66.7 Å². The van der Waals surface area contributed by atoms with E-state index >= 15 is 0 Å². The Balaban J connectivity index is 1.44. The van der Waals surface area contributed by atoms with Gasteiger partial charge < -0.3 is 25.6 Å². The van der Waals surface area contributed by atoms with Crippen LogP contribution in [-0.4, -0.2) is 40.8 Å². The highest BCUT2D eigenvalue weighted by molar-refractivity contribution is 6.03. The number of carboxylic acids is 1. The van der Waals surface area contributed by atoms with Gasteiger partial charge in [-0.2, -0.15) is 0 Å². The molecule has 1 aliphatic rings. The first-order chi connectivity index (χ1) is 16.8. The number of carbonyl (C=O) groups excluding carboxylic acids is 2. The molecule has 2 amide bonds. The Bertz CT molecular complexity index is 1240. The molecule has 3 aromatic rings. The second-order valence-electron chi connectivity index (χ2n) is 8.72. The van der Waals surface area contributed by atoms with Crippen molar-refractivity contribution in [1.82, 2.24) is 5.32 Å². The highest BCUT2D eigenvalue weighted by Gasteiger charge is 2.30. The van der Waals surface area contributed by atoms with Crippen LogP contribution < -0.4 is 10.6 Å². The molecular weight excluding hydrogens is 448 g/mol. The second-order valence-corrected chi connectivity index (χ2v) is 8.72. The number of hydrogen-bond donors (Lipinski definition) is 4. The number of hydrogen-bond acceptors (Lipinski definition) is 5. The number of fused-ring (bicyclic) bond motifs is 3. The molecule has 1 aliphatic carbocycles. The number of nitrogens with one attached hydrogen (secondary N) is 2. The summed E-state index contributed by atoms with van der Waals surface area (Å²) in [6.45, 7) is 3.61. The minimum Gasteiger partial charge on any atom is -0.508 e. The van der Waals surface area contributed by atoms with Gasteiger partial charge in [0, 0.05) is 5.92 Å². The van der Waals surface area contributed by atoms with Crippen LogP contribution >= 0.6 is 0 Å². The quantitative estimate of drug-likeness (QED) is 0.371. The Labute approximate surface area is 202 Å². The molecule has 8 heteroatoms. The largest absolute Gasteiger partial charge is 0.508 e. The Hall–Kier alpha value is -4.33. The number of ether oxygens (including phenoxy) is 1. The summed E-state index contributed by atoms with van der Waals surface area (Å²) >= 11 is 0. The average molecular weight is 475 g/mol. The van der Waals surface area contributed by atoms with Gasteiger partial charge in [-0.25, -0.2) is 9.59 Å². The SMILES string of the molecule is CC(C)[C@H](NC(=O)OCC1c2ccccc2-c2ccccc21)C(=O)Nc1ccc(O)cc1C(=O)O. The van der Waals surface area contributed by atoms with Gasteiger partial charge in [-0.15, -0.1) is 0 Å². The monoisotopic (exact) mass is 474 g/mol. The van der Waals surface area contributed by atoms with Crippen LogP contribution in [0.5, 0.6) is 5.75 Å². The minimum absolute atomic E-state index is 0.0142. The van der Waals surface area contributed by atoms with E-state index in [2.05, 4.69) is 10.6 Å². The number of carbonyl (C=O) groups is 3. The molecule has 0 unspecified atom stereocenters. The molecule has 0 spiro atoms. The van der Waals surface area contributed by atoms with Crippen LogP contribution in [0.2, 0.25) is 0 Å². The maximum atomic E-state index is 12.9. The zero-order chi connectivity index (χ0) is 25.1. The third-order valence-electron chi connectivity index (χ3n) is 6.06. The molecule has 1 atom stereocenters. The van der Waals surface area contributed by atoms with Crippen molar-refractivity contribution in [1.29, 1.82) is 0 Å². The lowest BCUT2D eigenvalue weighted by molar-refractivity contribution is -0.119. The molecule has 3 aromatic carbocycles. The highest BCUT2D eigenvalue weighted by Crippen LogP contribution is 2.44. The van der Waals surface area contributed by atoms with Gasteiger partial charge in [-0.1, -0.05) is 62.4 Å². The van der Waals surface area contributed by atoms with Crippen LogP contribution in [0.3, 0.4) is 0 Å². The summed E-state index contributed by atoms with van der Waals surface area (Å²) in [6.07, 6.45) is -0.745. The Kier molecular flexibility index (Phi) is 6.73. The van der Waals surface area contributed by atoms with Crippen LogP contribution in [0, 0.1) is 5.92 Å². The molecular formula is C27H26N2O6. The summed E-state index contributed by atoms with van der Waals surface area (Å²) in [6, 6.07) is 18.6. The normalized spacial score (nSPS) is 13.0. The zero-order valence-corrected chi connectivity index (χ0v) is 19.3. The van der Waals surface area contributed by atoms with Crippen molar-refractivity contribution in [3.05, 3.63) is 83.4 Å². The molecule has 8 nitrogen and oxygen atoms in total. The van der Waals surface area contributed by atoms with Crippen LogP contribution in [-0.2, 0) is 9.53 Å². The maximum absolute atomic E-state index is 12.9. The van der Waals surface area contributed by atoms with E-state index in [1.165, 1.54) is 12.1 Å². The van der Waals surface area contributed by atoms with Crippen LogP contribution in [0.4, 0.5) is 10.5 Å². The first-order valence-electron chi connectivity index (χ1n) is 11.2. The van der Waals surface area contributed by atoms with Crippen molar-refractivity contribution < 1.29 is 29.3 Å². The number of alkyl carbamates (subject to hydrolysis) is 1. The number of carboxylic acid groups (broad SMARTS) is 1. The maximum Gasteiger partial charge on any atom is 0.407 e. The first kappa shape index (κ1) is 23.8. The number of phenolic OH excluding ortho intramolecular Hbond substituents is 1. The number of benzene rings is 3. The van der Waals surface area contributed by atoms with E-state index in [-0.39, 0.29) is 35.4 Å². The number of anilines is 1. The van der Waals surface area contributed by atoms with Crippen molar-refractivity contribution in [2.75, 3.05) is 11.9 Å². The van der Waals surface area contributed by atoms with E-state index in [0.29, 0.717) is 0 Å². The summed E-state index contributed by atoms with van der Waals surface area (Å²) in [7, 11) is 0. The van der Waals surface area contributed by atoms with Gasteiger partial charge in [0.1, 0.15) is 18.4 Å². The van der Waals surface area contributed by atoms with Crippen molar-refractivity contribution in [2.24, 2.45) is 5.92 Å². The topological polar surface area (TPSA) is 125 Å². The molecule has 0 radical (unpaired) electrons. The number of aromatic hydroxyl groups is 1. The number of phenols is 1. The van der Waals surface area contributed by atoms with Gasteiger partial charge in [-0.3, -0.25) is 4.79 Å². The number of aromatic carboxylic acids is 1. The molecule has 0 bridgehead atoms. The molecule has 180 valence electrons. The van der Waals surface area contributed by atoms with Crippen molar-refractivity contribution in [2.45, 2.75) is 25.8 Å². The summed E-state index contributed by atoms with van der Waals surface area (Å²) < 4.78 is 5.54. The fourth-order valence-corrected chi connectivity index (χ4v) is 4.33. The van der Waals surface area contributed by atoms with Gasteiger partial charge in [-0.05, 0) is 46.4 Å². The van der Waals surface area contributed by atoms with Crippen molar-refractivity contribution >= 4 is 23.7 Å². The zero-order valence-electron chi connectivity index (χ0n) is 19.3. The predicted molar refractivity (Wildman–Crippen MR) is 131 cm³/mol. The predicted octanol–water partition coefficient (Wildman–Crippen LogP) is 4.59. The van der Waals surface area contributed by atoms with E-state index in [9.17, 15) is 24.6 Å². The minimum atomic E-state index is -1.30. The third kappa shape index (κ3) is 4.96. The molecule has 0 aromatic heterocycles. The molecule has 4 rings (SSSR count). The summed E-state index contributed by atoms with van der Waals surface area (Å²) in [4.78, 5) is 37.0. The van der Waals surface area contributed by atoms with Gasteiger partial charge >= 0.3 is 12.1 Å². The van der Waals surface area contributed by atoms with Gasteiger partial charge in [0.15, 0.2) is 0 Å². The van der Waals surface area contributed by atoms with Crippen molar-refractivity contribution in [3.63, 3.8) is 0 Å². The van der Waals surface area contributed by atoms with Gasteiger partial charge in [0.2, 0.25) is 5.91 Å². The van der Waals surface area contributed by atoms with Crippen LogP contribution in [0.25, 0.3) is 11.1 Å². The Morgan fingerprint density at radius 3 is 2.11 bits per heavy atom. The standard InChI is InChI=1S/C27H26N2O6/c1-15(2)24(25(31)28-23-12-11-16(30)13-21(23)26(32)33)29-27(34)35-14-22-19-9-5-3-7-17(19)18-8-4-6-10-20(18)22/h3-13,15,22,24,30H,14H2,1-2H3,(H,28,31)(H,29,34)(H,32,33)/t24-/m0/s1. The fraction of sp³-hybridized carbons (Fsp3) is 0.222. The molecule has 0 aliphatic heterocycles. The lowest BCUT2D eigenvalue weighted by Gasteiger charge is -2.22. The molecule has 0 fully saturated rings. The highest BCUT2D eigenvalue weighted by atomic mass is 16.5. The average Bonchev–Trinajstić information content (AvgIpc) is 3.15. The molecule has 0 heterocycles. The second kappa shape index (κ2) is 9.89. The Morgan fingerprint density at radius 1 is 0.943 bits per heavy atom. The van der Waals surface area contributed by atoms with Gasteiger partial charge in [0.25, 0.3) is 0 Å². The summed E-state index contributed by atoms with van der Waals surface area (Å²) in [5.41, 5.74) is 4.13. The summed E-state index contributed by atoms with van der Waals surface area (Å²) in [5.74, 6) is -2.56. The molecule has 0 saturated carbocycles. The van der Waals surface area contributed by atoms with Gasteiger partial charge in [0.05, 0.1) is 11.3 Å². The lowest BCUT2D eigenvalue weighted by atomic mass is 9.98. The fourth-order valence-electron chi connectivity index (χ4n) is 4.33. The van der Waals surface area contributed by atoms with E-state index in [1.807, 2.05) is 48.5 Å². The molecule has 4 N–H and O–H groups in total. The Morgan fingerprint density at radius 2 is 1.54 bits per heavy atom. The van der Waals surface area contributed by atoms with E-state index < -0.39 is 24.0 Å². The lowest BCUT2D eigenvalue weighted by Crippen LogP contribution is -2.47. The summed E-state index contributed by atoms with van der Waals surface area (Å²) in [5, 5.41) is 24.0. The molecule has 35 heavy (non-hydrogen) atoms.